The average Bonchev–Trinajstić information content (AvgIpc) is 2.94. The molecule has 0 aliphatic heterocycles. The number of nitrogens with zero attached hydrogens (tertiary/aromatic N) is 2. The maximum atomic E-state index is 12.0. The van der Waals surface area contributed by atoms with Crippen LogP contribution in [0.2, 0.25) is 5.02 Å². The molecule has 1 heterocycles. The van der Waals surface area contributed by atoms with Crippen LogP contribution in [0.5, 0.6) is 0 Å². The van der Waals surface area contributed by atoms with Gasteiger partial charge in [-0.1, -0.05) is 47.7 Å². The van der Waals surface area contributed by atoms with Crippen molar-refractivity contribution in [3.63, 3.8) is 0 Å². The molecule has 0 bridgehead atoms. The van der Waals surface area contributed by atoms with Crippen LogP contribution in [0.25, 0.3) is 0 Å². The molecule has 5 nitrogen and oxygen atoms in total. The van der Waals surface area contributed by atoms with E-state index in [0.29, 0.717) is 10.7 Å². The first-order valence-corrected chi connectivity index (χ1v) is 9.02. The fraction of sp³-hybridized carbons (Fsp3) is 0.357. The molecule has 1 aromatic heterocycles. The molecular formula is C14H17ClN4OS2. The number of thioether (sulfide) groups is 1. The van der Waals surface area contributed by atoms with Gasteiger partial charge in [-0.15, -0.1) is 10.2 Å². The number of carbonyl (C=O) groups excluding carboxylic acids is 1. The maximum absolute atomic E-state index is 12.0. The molecule has 0 aliphatic carbocycles. The Hall–Kier alpha value is -1.31. The van der Waals surface area contributed by atoms with Crippen LogP contribution in [0.4, 0.5) is 10.8 Å². The lowest BCUT2D eigenvalue weighted by Gasteiger charge is -2.07. The van der Waals surface area contributed by atoms with E-state index in [1.54, 1.807) is 6.07 Å². The number of hydrogen-bond donors (Lipinski definition) is 2. The van der Waals surface area contributed by atoms with Gasteiger partial charge in [-0.25, -0.2) is 0 Å². The molecule has 0 unspecified atom stereocenters. The Morgan fingerprint density at radius 1 is 1.41 bits per heavy atom. The number of aromatic nitrogens is 2. The highest BCUT2D eigenvalue weighted by molar-refractivity contribution is 8.01. The molecule has 2 N–H and O–H groups in total. The number of hydrogen-bond acceptors (Lipinski definition) is 6. The zero-order valence-corrected chi connectivity index (χ0v) is 14.7. The molecule has 0 radical (unpaired) electrons. The normalized spacial score (nSPS) is 10.5. The second-order valence-corrected chi connectivity index (χ2v) is 7.23. The minimum Gasteiger partial charge on any atom is -0.360 e. The lowest BCUT2D eigenvalue weighted by atomic mass is 10.2. The summed E-state index contributed by atoms with van der Waals surface area (Å²) in [6, 6.07) is 5.53. The third kappa shape index (κ3) is 5.15. The zero-order chi connectivity index (χ0) is 15.9. The lowest BCUT2D eigenvalue weighted by molar-refractivity contribution is -0.113. The van der Waals surface area contributed by atoms with Gasteiger partial charge >= 0.3 is 0 Å². The van der Waals surface area contributed by atoms with Gasteiger partial charge in [-0.3, -0.25) is 4.79 Å². The number of nitrogens with one attached hydrogen (secondary N) is 2. The zero-order valence-electron chi connectivity index (χ0n) is 12.4. The van der Waals surface area contributed by atoms with Gasteiger partial charge in [-0.05, 0) is 31.0 Å². The van der Waals surface area contributed by atoms with E-state index in [4.69, 9.17) is 11.6 Å². The minimum atomic E-state index is -0.117. The molecule has 0 atom stereocenters. The van der Waals surface area contributed by atoms with Gasteiger partial charge in [-0.2, -0.15) is 0 Å². The molecule has 0 aliphatic rings. The molecule has 1 amide bonds. The number of halogens is 1. The Bertz CT molecular complexity index is 648. The van der Waals surface area contributed by atoms with Crippen LogP contribution in [0.1, 0.15) is 18.9 Å². The fourth-order valence-electron chi connectivity index (χ4n) is 1.61. The fourth-order valence-corrected chi connectivity index (χ4v) is 3.47. The predicted molar refractivity (Wildman–Crippen MR) is 94.2 cm³/mol. The van der Waals surface area contributed by atoms with Gasteiger partial charge in [0.15, 0.2) is 4.34 Å². The minimum absolute atomic E-state index is 0.117. The molecule has 2 rings (SSSR count). The molecule has 0 saturated heterocycles. The van der Waals surface area contributed by atoms with Gasteiger partial charge in [0.1, 0.15) is 0 Å². The van der Waals surface area contributed by atoms with Gasteiger partial charge < -0.3 is 10.6 Å². The van der Waals surface area contributed by atoms with E-state index in [2.05, 4.69) is 27.8 Å². The van der Waals surface area contributed by atoms with Crippen molar-refractivity contribution in [3.8, 4) is 0 Å². The molecule has 0 saturated carbocycles. The Morgan fingerprint density at radius 3 is 2.95 bits per heavy atom. The molecule has 2 aromatic rings. The Morgan fingerprint density at radius 2 is 2.23 bits per heavy atom. The smallest absolute Gasteiger partial charge is 0.234 e. The van der Waals surface area contributed by atoms with Crippen molar-refractivity contribution in [3.05, 3.63) is 28.8 Å². The molecule has 22 heavy (non-hydrogen) atoms. The second-order valence-electron chi connectivity index (χ2n) is 4.62. The van der Waals surface area contributed by atoms with Crippen molar-refractivity contribution in [1.82, 2.24) is 10.2 Å². The van der Waals surface area contributed by atoms with E-state index in [1.807, 2.05) is 19.1 Å². The van der Waals surface area contributed by atoms with Crippen LogP contribution < -0.4 is 10.6 Å². The number of rotatable bonds is 7. The summed E-state index contributed by atoms with van der Waals surface area (Å²) in [4.78, 5) is 12.0. The largest absolute Gasteiger partial charge is 0.360 e. The van der Waals surface area contributed by atoms with Crippen LogP contribution in [-0.4, -0.2) is 28.4 Å². The third-order valence-corrected chi connectivity index (χ3v) is 4.99. The Kier molecular flexibility index (Phi) is 6.48. The van der Waals surface area contributed by atoms with Gasteiger partial charge in [0.05, 0.1) is 16.5 Å². The Labute approximate surface area is 142 Å². The number of aryl methyl sites for hydroxylation is 1. The first kappa shape index (κ1) is 17.1. The highest BCUT2D eigenvalue weighted by Gasteiger charge is 2.09. The topological polar surface area (TPSA) is 66.9 Å². The van der Waals surface area contributed by atoms with Crippen molar-refractivity contribution in [2.75, 3.05) is 22.9 Å². The molecule has 8 heteroatoms. The van der Waals surface area contributed by atoms with Gasteiger partial charge in [0.2, 0.25) is 11.0 Å². The standard InChI is InChI=1S/C14H17ClN4OS2/c1-3-6-16-13-18-19-14(22-13)21-8-12(20)17-11-5-4-9(2)7-10(11)15/h4-5,7H,3,6,8H2,1-2H3,(H,16,18)(H,17,20). The average molecular weight is 357 g/mol. The monoisotopic (exact) mass is 356 g/mol. The van der Waals surface area contributed by atoms with Gasteiger partial charge in [0.25, 0.3) is 0 Å². The van der Waals surface area contributed by atoms with E-state index in [0.717, 1.165) is 28.0 Å². The van der Waals surface area contributed by atoms with Gasteiger partial charge in [0, 0.05) is 6.54 Å². The summed E-state index contributed by atoms with van der Waals surface area (Å²) in [6.07, 6.45) is 1.03. The molecule has 1 aromatic carbocycles. The molecule has 0 fully saturated rings. The van der Waals surface area contributed by atoms with Crippen LogP contribution in [0.3, 0.4) is 0 Å². The second kappa shape index (κ2) is 8.36. The molecule has 0 spiro atoms. The first-order valence-electron chi connectivity index (χ1n) is 6.84. The van der Waals surface area contributed by atoms with Crippen LogP contribution in [0, 0.1) is 6.92 Å². The summed E-state index contributed by atoms with van der Waals surface area (Å²) in [5.41, 5.74) is 1.68. The van der Waals surface area contributed by atoms with E-state index in [1.165, 1.54) is 23.1 Å². The van der Waals surface area contributed by atoms with Crippen molar-refractivity contribution in [2.24, 2.45) is 0 Å². The molecular weight excluding hydrogens is 340 g/mol. The number of amides is 1. The molecule has 118 valence electrons. The maximum Gasteiger partial charge on any atom is 0.234 e. The lowest BCUT2D eigenvalue weighted by Crippen LogP contribution is -2.14. The highest BCUT2D eigenvalue weighted by Crippen LogP contribution is 2.26. The van der Waals surface area contributed by atoms with Crippen molar-refractivity contribution in [1.29, 1.82) is 0 Å². The Balaban J connectivity index is 1.83. The van der Waals surface area contributed by atoms with Crippen molar-refractivity contribution < 1.29 is 4.79 Å². The number of benzene rings is 1. The summed E-state index contributed by atoms with van der Waals surface area (Å²) in [5.74, 6) is 0.154. The van der Waals surface area contributed by atoms with E-state index in [-0.39, 0.29) is 11.7 Å². The third-order valence-electron chi connectivity index (χ3n) is 2.66. The summed E-state index contributed by atoms with van der Waals surface area (Å²) in [6.45, 7) is 4.91. The quantitative estimate of drug-likeness (QED) is 0.732. The highest BCUT2D eigenvalue weighted by atomic mass is 35.5. The predicted octanol–water partition coefficient (Wildman–Crippen LogP) is 4.05. The van der Waals surface area contributed by atoms with E-state index < -0.39 is 0 Å². The summed E-state index contributed by atoms with van der Waals surface area (Å²) >= 11 is 8.90. The summed E-state index contributed by atoms with van der Waals surface area (Å²) < 4.78 is 0.767. The van der Waals surface area contributed by atoms with Crippen molar-refractivity contribution in [2.45, 2.75) is 24.6 Å². The number of carbonyl (C=O) groups is 1. The van der Waals surface area contributed by atoms with Crippen LogP contribution in [-0.2, 0) is 4.79 Å². The van der Waals surface area contributed by atoms with Crippen LogP contribution >= 0.6 is 34.7 Å². The summed E-state index contributed by atoms with van der Waals surface area (Å²) in [7, 11) is 0. The first-order chi connectivity index (χ1) is 10.6. The van der Waals surface area contributed by atoms with E-state index in [9.17, 15) is 4.79 Å². The number of anilines is 2. The van der Waals surface area contributed by atoms with Crippen molar-refractivity contribution >= 4 is 51.4 Å². The summed E-state index contributed by atoms with van der Waals surface area (Å²) in [5, 5.41) is 15.4. The van der Waals surface area contributed by atoms with E-state index >= 15 is 0 Å². The van der Waals surface area contributed by atoms with Crippen LogP contribution in [0.15, 0.2) is 22.5 Å². The SMILES string of the molecule is CCCNc1nnc(SCC(=O)Nc2ccc(C)cc2Cl)s1.